The third-order valence-electron chi connectivity index (χ3n) is 3.89. The van der Waals surface area contributed by atoms with Crippen LogP contribution in [0.25, 0.3) is 0 Å². The summed E-state index contributed by atoms with van der Waals surface area (Å²) in [4.78, 5) is 13.8. The molecule has 5 nitrogen and oxygen atoms in total. The minimum Gasteiger partial charge on any atom is -0.495 e. The minimum absolute atomic E-state index is 0.0252. The number of nitrogens with one attached hydrogen (secondary N) is 1. The summed E-state index contributed by atoms with van der Waals surface area (Å²) in [6.45, 7) is 2.98. The molecule has 3 N–H and O–H groups in total. The molecule has 1 atom stereocenters. The maximum absolute atomic E-state index is 14.1. The van der Waals surface area contributed by atoms with E-state index in [0.29, 0.717) is 30.9 Å². The van der Waals surface area contributed by atoms with Gasteiger partial charge in [-0.25, -0.2) is 4.39 Å². The van der Waals surface area contributed by atoms with Gasteiger partial charge >= 0.3 is 0 Å². The molecule has 1 saturated heterocycles. The molecule has 0 spiro atoms. The van der Waals surface area contributed by atoms with Gasteiger partial charge in [-0.15, -0.1) is 0 Å². The number of nitrogen functional groups attached to an aromatic ring is 1. The fourth-order valence-corrected chi connectivity index (χ4v) is 2.63. The van der Waals surface area contributed by atoms with E-state index in [1.165, 1.54) is 13.2 Å². The molecule has 1 amide bonds. The van der Waals surface area contributed by atoms with Crippen LogP contribution in [0.15, 0.2) is 12.1 Å². The Morgan fingerprint density at radius 3 is 2.85 bits per heavy atom. The number of ether oxygens (including phenoxy) is 1. The Kier molecular flexibility index (Phi) is 3.74. The molecule has 1 aliphatic heterocycles. The standard InChI is InChI=1S/C14H20FN3O2/c1-14(13(19)17-2)4-5-18(8-14)11-7-12(20-3)10(16)6-9(11)15/h6-7H,4-5,8,16H2,1-3H3,(H,17,19). The average Bonchev–Trinajstić information content (AvgIpc) is 2.81. The topological polar surface area (TPSA) is 67.6 Å². The van der Waals surface area contributed by atoms with Crippen molar-refractivity contribution in [2.45, 2.75) is 13.3 Å². The number of anilines is 2. The van der Waals surface area contributed by atoms with Gasteiger partial charge in [0, 0.05) is 32.3 Å². The second-order valence-electron chi connectivity index (χ2n) is 5.36. The first-order valence-corrected chi connectivity index (χ1v) is 6.51. The van der Waals surface area contributed by atoms with E-state index in [-0.39, 0.29) is 11.6 Å². The zero-order valence-electron chi connectivity index (χ0n) is 12.0. The highest BCUT2D eigenvalue weighted by atomic mass is 19.1. The second-order valence-corrected chi connectivity index (χ2v) is 5.36. The van der Waals surface area contributed by atoms with Crippen LogP contribution >= 0.6 is 0 Å². The number of halogens is 1. The number of hydrogen-bond donors (Lipinski definition) is 2. The van der Waals surface area contributed by atoms with Gasteiger partial charge in [0.1, 0.15) is 11.6 Å². The summed E-state index contributed by atoms with van der Waals surface area (Å²) in [6, 6.07) is 2.84. The smallest absolute Gasteiger partial charge is 0.227 e. The normalized spacial score (nSPS) is 21.9. The molecule has 20 heavy (non-hydrogen) atoms. The summed E-state index contributed by atoms with van der Waals surface area (Å²) in [6.07, 6.45) is 0.679. The lowest BCUT2D eigenvalue weighted by Gasteiger charge is -2.24. The van der Waals surface area contributed by atoms with Crippen LogP contribution in [0.4, 0.5) is 15.8 Å². The Morgan fingerprint density at radius 2 is 2.25 bits per heavy atom. The summed E-state index contributed by atoms with van der Waals surface area (Å²) in [5.41, 5.74) is 5.86. The first-order chi connectivity index (χ1) is 9.41. The van der Waals surface area contributed by atoms with Gasteiger partial charge in [-0.3, -0.25) is 4.79 Å². The Labute approximate surface area is 117 Å². The Hall–Kier alpha value is -1.98. The molecule has 0 aromatic heterocycles. The maximum Gasteiger partial charge on any atom is 0.227 e. The number of hydrogen-bond acceptors (Lipinski definition) is 4. The highest BCUT2D eigenvalue weighted by Gasteiger charge is 2.40. The van der Waals surface area contributed by atoms with Crippen LogP contribution in [-0.4, -0.2) is 33.2 Å². The van der Waals surface area contributed by atoms with Gasteiger partial charge in [0.05, 0.1) is 23.9 Å². The first-order valence-electron chi connectivity index (χ1n) is 6.51. The van der Waals surface area contributed by atoms with Gasteiger partial charge in [0.2, 0.25) is 5.91 Å². The molecule has 1 heterocycles. The van der Waals surface area contributed by atoms with Crippen molar-refractivity contribution in [1.82, 2.24) is 5.32 Å². The van der Waals surface area contributed by atoms with Crippen LogP contribution in [-0.2, 0) is 4.79 Å². The Morgan fingerprint density at radius 1 is 1.55 bits per heavy atom. The lowest BCUT2D eigenvalue weighted by Crippen LogP contribution is -2.39. The highest BCUT2D eigenvalue weighted by molar-refractivity contribution is 5.83. The zero-order valence-corrected chi connectivity index (χ0v) is 12.0. The Balaban J connectivity index is 2.28. The molecule has 2 rings (SSSR count). The van der Waals surface area contributed by atoms with Gasteiger partial charge < -0.3 is 20.7 Å². The second kappa shape index (κ2) is 5.19. The predicted octanol–water partition coefficient (Wildman–Crippen LogP) is 1.38. The fourth-order valence-electron chi connectivity index (χ4n) is 2.63. The zero-order chi connectivity index (χ0) is 14.9. The number of nitrogens with zero attached hydrogens (tertiary/aromatic N) is 1. The van der Waals surface area contributed by atoms with Crippen molar-refractivity contribution in [2.75, 3.05) is 37.9 Å². The number of carbonyl (C=O) groups excluding carboxylic acids is 1. The summed E-state index contributed by atoms with van der Waals surface area (Å²) in [5, 5.41) is 2.66. The van der Waals surface area contributed by atoms with Crippen LogP contribution in [0.5, 0.6) is 5.75 Å². The number of amides is 1. The van der Waals surface area contributed by atoms with Gasteiger partial charge in [-0.05, 0) is 13.3 Å². The molecule has 0 bridgehead atoms. The van der Waals surface area contributed by atoms with Crippen LogP contribution in [0.2, 0.25) is 0 Å². The Bertz CT molecular complexity index is 535. The summed E-state index contributed by atoms with van der Waals surface area (Å²) in [5.74, 6) is 0.0159. The number of rotatable bonds is 3. The largest absolute Gasteiger partial charge is 0.495 e. The van der Waals surface area contributed by atoms with Gasteiger partial charge in [-0.1, -0.05) is 0 Å². The van der Waals surface area contributed by atoms with E-state index in [1.807, 2.05) is 11.8 Å². The van der Waals surface area contributed by atoms with E-state index in [2.05, 4.69) is 5.32 Å². The monoisotopic (exact) mass is 281 g/mol. The molecule has 1 aromatic rings. The molecular formula is C14H20FN3O2. The van der Waals surface area contributed by atoms with Crippen LogP contribution in [0.3, 0.4) is 0 Å². The summed E-state index contributed by atoms with van der Waals surface area (Å²) >= 11 is 0. The molecule has 110 valence electrons. The quantitative estimate of drug-likeness (QED) is 0.821. The molecule has 1 aromatic carbocycles. The SMILES string of the molecule is CNC(=O)C1(C)CCN(c2cc(OC)c(N)cc2F)C1. The van der Waals surface area contributed by atoms with Crippen LogP contribution in [0.1, 0.15) is 13.3 Å². The molecular weight excluding hydrogens is 261 g/mol. The van der Waals surface area contributed by atoms with E-state index in [4.69, 9.17) is 10.5 Å². The van der Waals surface area contributed by atoms with Crippen molar-refractivity contribution in [1.29, 1.82) is 0 Å². The third-order valence-corrected chi connectivity index (χ3v) is 3.89. The summed E-state index contributed by atoms with van der Waals surface area (Å²) < 4.78 is 19.2. The van der Waals surface area contributed by atoms with E-state index in [0.717, 1.165) is 0 Å². The summed E-state index contributed by atoms with van der Waals surface area (Å²) in [7, 11) is 3.11. The number of nitrogens with two attached hydrogens (primary N) is 1. The van der Waals surface area contributed by atoms with E-state index in [1.54, 1.807) is 13.1 Å². The number of methoxy groups -OCH3 is 1. The first kappa shape index (κ1) is 14.4. The average molecular weight is 281 g/mol. The molecule has 0 radical (unpaired) electrons. The van der Waals surface area contributed by atoms with Crippen molar-refractivity contribution in [3.63, 3.8) is 0 Å². The molecule has 6 heteroatoms. The third kappa shape index (κ3) is 2.37. The lowest BCUT2D eigenvalue weighted by atomic mass is 9.89. The van der Waals surface area contributed by atoms with Gasteiger partial charge in [-0.2, -0.15) is 0 Å². The predicted molar refractivity (Wildman–Crippen MR) is 76.4 cm³/mol. The molecule has 1 aliphatic rings. The molecule has 0 saturated carbocycles. The number of benzene rings is 1. The van der Waals surface area contributed by atoms with Gasteiger partial charge in [0.15, 0.2) is 0 Å². The van der Waals surface area contributed by atoms with Crippen molar-refractivity contribution in [2.24, 2.45) is 5.41 Å². The van der Waals surface area contributed by atoms with Crippen molar-refractivity contribution in [3.8, 4) is 5.75 Å². The molecule has 0 aliphatic carbocycles. The van der Waals surface area contributed by atoms with E-state index >= 15 is 0 Å². The van der Waals surface area contributed by atoms with Crippen molar-refractivity contribution < 1.29 is 13.9 Å². The minimum atomic E-state index is -0.504. The van der Waals surface area contributed by atoms with E-state index < -0.39 is 11.2 Å². The van der Waals surface area contributed by atoms with E-state index in [9.17, 15) is 9.18 Å². The lowest BCUT2D eigenvalue weighted by molar-refractivity contribution is -0.128. The molecule has 1 fully saturated rings. The van der Waals surface area contributed by atoms with Crippen LogP contribution in [0, 0.1) is 11.2 Å². The molecule has 1 unspecified atom stereocenters. The van der Waals surface area contributed by atoms with Crippen LogP contribution < -0.4 is 20.7 Å². The van der Waals surface area contributed by atoms with Crippen molar-refractivity contribution >= 4 is 17.3 Å². The van der Waals surface area contributed by atoms with Gasteiger partial charge in [0.25, 0.3) is 0 Å². The maximum atomic E-state index is 14.1. The number of carbonyl (C=O) groups is 1. The fraction of sp³-hybridized carbons (Fsp3) is 0.500. The highest BCUT2D eigenvalue weighted by Crippen LogP contribution is 2.37. The van der Waals surface area contributed by atoms with Crippen molar-refractivity contribution in [3.05, 3.63) is 17.9 Å².